The molecule has 2 aromatic heterocycles. The number of thiazole rings is 1. The normalized spacial score (nSPS) is 16.3. The van der Waals surface area contributed by atoms with Crippen molar-refractivity contribution >= 4 is 23.1 Å². The molecule has 0 aliphatic heterocycles. The number of nitrogens with one attached hydrogen (secondary N) is 1. The number of aromatic amines is 1. The minimum Gasteiger partial charge on any atom is -0.262 e. The molecular formula is C13H18N4S2. The first-order chi connectivity index (χ1) is 9.35. The standard InChI is InChI=1S/C13H18N4S2/c1-2-11-14-10(7-18-11)8-19-13-15-12(16-17-13)9-5-3-4-6-9/h7,9H,2-6,8H2,1H3,(H,15,16,17). The smallest absolute Gasteiger partial charge is 0.208 e. The van der Waals surface area contributed by atoms with E-state index in [-0.39, 0.29) is 0 Å². The van der Waals surface area contributed by atoms with Crippen LogP contribution in [0.3, 0.4) is 0 Å². The molecule has 0 aromatic carbocycles. The molecule has 1 saturated carbocycles. The molecule has 0 saturated heterocycles. The van der Waals surface area contributed by atoms with Crippen molar-refractivity contribution in [2.24, 2.45) is 0 Å². The Morgan fingerprint density at radius 1 is 1.37 bits per heavy atom. The van der Waals surface area contributed by atoms with Gasteiger partial charge in [-0.2, -0.15) is 0 Å². The molecule has 2 aromatic rings. The number of thioether (sulfide) groups is 1. The Hall–Kier alpha value is -0.880. The van der Waals surface area contributed by atoms with E-state index in [0.717, 1.165) is 28.8 Å². The first kappa shape index (κ1) is 13.1. The number of hydrogen-bond acceptors (Lipinski definition) is 5. The lowest BCUT2D eigenvalue weighted by Crippen LogP contribution is -1.94. The van der Waals surface area contributed by atoms with Crippen molar-refractivity contribution in [2.75, 3.05) is 0 Å². The van der Waals surface area contributed by atoms with Crippen LogP contribution in [0.4, 0.5) is 0 Å². The van der Waals surface area contributed by atoms with Crippen molar-refractivity contribution in [3.8, 4) is 0 Å². The van der Waals surface area contributed by atoms with Crippen LogP contribution in [0.15, 0.2) is 10.5 Å². The summed E-state index contributed by atoms with van der Waals surface area (Å²) in [5.41, 5.74) is 1.14. The van der Waals surface area contributed by atoms with Gasteiger partial charge in [0.1, 0.15) is 5.82 Å². The molecular weight excluding hydrogens is 276 g/mol. The Balaban J connectivity index is 1.57. The van der Waals surface area contributed by atoms with E-state index in [1.165, 1.54) is 30.7 Å². The molecule has 1 aliphatic rings. The van der Waals surface area contributed by atoms with Gasteiger partial charge in [-0.1, -0.05) is 31.5 Å². The Morgan fingerprint density at radius 3 is 2.95 bits per heavy atom. The maximum atomic E-state index is 4.61. The van der Waals surface area contributed by atoms with E-state index in [9.17, 15) is 0 Å². The summed E-state index contributed by atoms with van der Waals surface area (Å²) in [6, 6.07) is 0. The van der Waals surface area contributed by atoms with Gasteiger partial charge < -0.3 is 0 Å². The van der Waals surface area contributed by atoms with E-state index < -0.39 is 0 Å². The van der Waals surface area contributed by atoms with Gasteiger partial charge in [-0.25, -0.2) is 9.97 Å². The number of H-pyrrole nitrogens is 1. The summed E-state index contributed by atoms with van der Waals surface area (Å²) in [7, 11) is 0. The number of hydrogen-bond donors (Lipinski definition) is 1. The number of aryl methyl sites for hydroxylation is 1. The Morgan fingerprint density at radius 2 is 2.21 bits per heavy atom. The topological polar surface area (TPSA) is 54.5 Å². The van der Waals surface area contributed by atoms with Crippen LogP contribution < -0.4 is 0 Å². The first-order valence-corrected chi connectivity index (χ1v) is 8.70. The highest BCUT2D eigenvalue weighted by molar-refractivity contribution is 7.98. The molecule has 2 heterocycles. The summed E-state index contributed by atoms with van der Waals surface area (Å²) in [6.45, 7) is 2.14. The van der Waals surface area contributed by atoms with E-state index in [4.69, 9.17) is 0 Å². The van der Waals surface area contributed by atoms with E-state index in [1.54, 1.807) is 23.1 Å². The largest absolute Gasteiger partial charge is 0.262 e. The summed E-state index contributed by atoms with van der Waals surface area (Å²) >= 11 is 3.40. The van der Waals surface area contributed by atoms with Crippen LogP contribution in [0.25, 0.3) is 0 Å². The van der Waals surface area contributed by atoms with E-state index >= 15 is 0 Å². The number of aromatic nitrogens is 4. The molecule has 1 N–H and O–H groups in total. The van der Waals surface area contributed by atoms with Crippen LogP contribution in [-0.4, -0.2) is 20.2 Å². The summed E-state index contributed by atoms with van der Waals surface area (Å²) in [5, 5.41) is 11.6. The van der Waals surface area contributed by atoms with E-state index in [1.807, 2.05) is 0 Å². The van der Waals surface area contributed by atoms with E-state index in [2.05, 4.69) is 32.5 Å². The lowest BCUT2D eigenvalue weighted by Gasteiger charge is -2.01. The van der Waals surface area contributed by atoms with Crippen LogP contribution in [0.1, 0.15) is 55.1 Å². The molecule has 0 bridgehead atoms. The highest BCUT2D eigenvalue weighted by Crippen LogP contribution is 2.32. The third kappa shape index (κ3) is 3.17. The van der Waals surface area contributed by atoms with Gasteiger partial charge in [-0.3, -0.25) is 5.10 Å². The van der Waals surface area contributed by atoms with Gasteiger partial charge in [0.15, 0.2) is 0 Å². The second-order valence-electron chi connectivity index (χ2n) is 4.86. The van der Waals surface area contributed by atoms with Crippen molar-refractivity contribution < 1.29 is 0 Å². The second kappa shape index (κ2) is 6.05. The molecule has 6 heteroatoms. The van der Waals surface area contributed by atoms with Gasteiger partial charge >= 0.3 is 0 Å². The molecule has 1 aliphatic carbocycles. The van der Waals surface area contributed by atoms with Crippen LogP contribution >= 0.6 is 23.1 Å². The van der Waals surface area contributed by atoms with Crippen LogP contribution in [-0.2, 0) is 12.2 Å². The zero-order valence-corrected chi connectivity index (χ0v) is 12.7. The second-order valence-corrected chi connectivity index (χ2v) is 6.74. The Bertz CT molecular complexity index is 528. The van der Waals surface area contributed by atoms with Gasteiger partial charge in [0.2, 0.25) is 5.16 Å². The van der Waals surface area contributed by atoms with Crippen molar-refractivity contribution in [1.29, 1.82) is 0 Å². The van der Waals surface area contributed by atoms with Crippen molar-refractivity contribution in [1.82, 2.24) is 20.2 Å². The highest BCUT2D eigenvalue weighted by atomic mass is 32.2. The van der Waals surface area contributed by atoms with Crippen molar-refractivity contribution in [3.63, 3.8) is 0 Å². The van der Waals surface area contributed by atoms with Crippen LogP contribution in [0.5, 0.6) is 0 Å². The molecule has 0 spiro atoms. The van der Waals surface area contributed by atoms with Crippen molar-refractivity contribution in [2.45, 2.75) is 55.9 Å². The fourth-order valence-corrected chi connectivity index (χ4v) is 3.97. The predicted molar refractivity (Wildman–Crippen MR) is 78.6 cm³/mol. The lowest BCUT2D eigenvalue weighted by atomic mass is 10.1. The molecule has 3 rings (SSSR count). The minimum absolute atomic E-state index is 0.604. The summed E-state index contributed by atoms with van der Waals surface area (Å²) in [6.07, 6.45) is 6.18. The zero-order chi connectivity index (χ0) is 13.1. The Kier molecular flexibility index (Phi) is 4.18. The van der Waals surface area contributed by atoms with Gasteiger partial charge in [0, 0.05) is 17.1 Å². The lowest BCUT2D eigenvalue weighted by molar-refractivity contribution is 0.671. The van der Waals surface area contributed by atoms with E-state index in [0.29, 0.717) is 5.92 Å². The average molecular weight is 294 g/mol. The minimum atomic E-state index is 0.604. The summed E-state index contributed by atoms with van der Waals surface area (Å²) < 4.78 is 0. The third-order valence-electron chi connectivity index (χ3n) is 3.47. The fraction of sp³-hybridized carbons (Fsp3) is 0.615. The molecule has 1 fully saturated rings. The quantitative estimate of drug-likeness (QED) is 0.853. The van der Waals surface area contributed by atoms with Gasteiger partial charge in [0.05, 0.1) is 10.7 Å². The molecule has 0 amide bonds. The first-order valence-electron chi connectivity index (χ1n) is 6.83. The summed E-state index contributed by atoms with van der Waals surface area (Å²) in [4.78, 5) is 9.17. The van der Waals surface area contributed by atoms with Crippen LogP contribution in [0.2, 0.25) is 0 Å². The Labute approximate surface area is 121 Å². The third-order valence-corrected chi connectivity index (χ3v) is 5.40. The van der Waals surface area contributed by atoms with Gasteiger partial charge in [0.25, 0.3) is 0 Å². The molecule has 0 radical (unpaired) electrons. The predicted octanol–water partition coefficient (Wildman–Crippen LogP) is 3.77. The van der Waals surface area contributed by atoms with Gasteiger partial charge in [-0.15, -0.1) is 16.4 Å². The fourth-order valence-electron chi connectivity index (χ4n) is 2.42. The average Bonchev–Trinajstić information content (AvgIpc) is 3.16. The molecule has 0 unspecified atom stereocenters. The SMILES string of the molecule is CCc1nc(CSc2n[nH]c(C3CCCC3)n2)cs1. The monoisotopic (exact) mass is 294 g/mol. The van der Waals surface area contributed by atoms with Crippen LogP contribution in [0, 0.1) is 0 Å². The summed E-state index contributed by atoms with van der Waals surface area (Å²) in [5.74, 6) is 2.54. The maximum absolute atomic E-state index is 4.61. The number of nitrogens with zero attached hydrogens (tertiary/aromatic N) is 3. The maximum Gasteiger partial charge on any atom is 0.208 e. The molecule has 102 valence electrons. The zero-order valence-electron chi connectivity index (χ0n) is 11.1. The number of rotatable bonds is 5. The molecule has 19 heavy (non-hydrogen) atoms. The van der Waals surface area contributed by atoms with Gasteiger partial charge in [-0.05, 0) is 19.3 Å². The highest BCUT2D eigenvalue weighted by Gasteiger charge is 2.20. The van der Waals surface area contributed by atoms with Crippen molar-refractivity contribution in [3.05, 3.63) is 21.9 Å². The molecule has 0 atom stereocenters. The molecule has 4 nitrogen and oxygen atoms in total.